The molecule has 2 N–H and O–H groups in total. The van der Waals surface area contributed by atoms with Gasteiger partial charge >= 0.3 is 5.97 Å². The van der Waals surface area contributed by atoms with Crippen LogP contribution >= 0.6 is 0 Å². The number of rotatable bonds is 7. The van der Waals surface area contributed by atoms with Gasteiger partial charge in [0.25, 0.3) is 0 Å². The average Bonchev–Trinajstić information content (AvgIpc) is 2.58. The van der Waals surface area contributed by atoms with Gasteiger partial charge in [-0.05, 0) is 12.1 Å². The summed E-state index contributed by atoms with van der Waals surface area (Å²) < 4.78 is 29.2. The maximum atomic E-state index is 12.1. The van der Waals surface area contributed by atoms with Crippen LogP contribution in [-0.2, 0) is 26.0 Å². The van der Waals surface area contributed by atoms with E-state index < -0.39 is 15.8 Å². The van der Waals surface area contributed by atoms with E-state index in [4.69, 9.17) is 10.5 Å². The van der Waals surface area contributed by atoms with Crippen LogP contribution in [0, 0.1) is 0 Å². The highest BCUT2D eigenvalue weighted by Gasteiger charge is 2.17. The van der Waals surface area contributed by atoms with Crippen molar-refractivity contribution in [1.82, 2.24) is 15.0 Å². The van der Waals surface area contributed by atoms with E-state index >= 15 is 0 Å². The number of hydrogen-bond donors (Lipinski definition) is 1. The molecule has 0 atom stereocenters. The highest BCUT2D eigenvalue weighted by molar-refractivity contribution is 7.91. The first-order valence-electron chi connectivity index (χ1n) is 7.39. The van der Waals surface area contributed by atoms with Gasteiger partial charge in [0.05, 0.1) is 17.1 Å². The Bertz CT molecular complexity index is 840. The van der Waals surface area contributed by atoms with Gasteiger partial charge in [-0.25, -0.2) is 8.42 Å². The monoisotopic (exact) mass is 365 g/mol. The molecular formula is C15H19N5O4S. The van der Waals surface area contributed by atoms with Crippen molar-refractivity contribution in [3.8, 4) is 0 Å². The van der Waals surface area contributed by atoms with Gasteiger partial charge in [0.2, 0.25) is 11.9 Å². The number of aromatic nitrogens is 3. The van der Waals surface area contributed by atoms with E-state index in [0.29, 0.717) is 5.95 Å². The van der Waals surface area contributed by atoms with E-state index in [-0.39, 0.29) is 35.4 Å². The van der Waals surface area contributed by atoms with Crippen molar-refractivity contribution >= 4 is 27.7 Å². The van der Waals surface area contributed by atoms with E-state index in [1.807, 2.05) is 0 Å². The van der Waals surface area contributed by atoms with Gasteiger partial charge in [-0.15, -0.1) is 0 Å². The predicted octanol–water partition coefficient (Wildman–Crippen LogP) is 0.427. The second kappa shape index (κ2) is 7.88. The molecule has 9 nitrogen and oxygen atoms in total. The second-order valence-corrected chi connectivity index (χ2v) is 7.46. The largest absolute Gasteiger partial charge is 0.457 e. The molecule has 0 amide bonds. The first-order valence-corrected chi connectivity index (χ1v) is 9.04. The number of carbonyl (C=O) groups is 1. The van der Waals surface area contributed by atoms with Gasteiger partial charge in [-0.2, -0.15) is 15.0 Å². The lowest BCUT2D eigenvalue weighted by Crippen LogP contribution is -2.18. The molecule has 0 saturated carbocycles. The van der Waals surface area contributed by atoms with Crippen LogP contribution in [0.5, 0.6) is 0 Å². The molecule has 0 bridgehead atoms. The molecule has 0 unspecified atom stereocenters. The van der Waals surface area contributed by atoms with E-state index in [0.717, 1.165) is 0 Å². The Morgan fingerprint density at radius 1 is 1.16 bits per heavy atom. The van der Waals surface area contributed by atoms with Gasteiger partial charge in [0.1, 0.15) is 0 Å². The lowest BCUT2D eigenvalue weighted by Gasteiger charge is -2.11. The second-order valence-electron chi connectivity index (χ2n) is 5.35. The average molecular weight is 365 g/mol. The van der Waals surface area contributed by atoms with Crippen LogP contribution in [-0.4, -0.2) is 49.2 Å². The normalized spacial score (nSPS) is 11.1. The third-order valence-corrected chi connectivity index (χ3v) is 4.86. The van der Waals surface area contributed by atoms with E-state index in [2.05, 4.69) is 15.0 Å². The van der Waals surface area contributed by atoms with Crippen LogP contribution in [0.15, 0.2) is 35.2 Å². The summed E-state index contributed by atoms with van der Waals surface area (Å²) in [5, 5.41) is 0. The highest BCUT2D eigenvalue weighted by Crippen LogP contribution is 2.12. The van der Waals surface area contributed by atoms with Crippen LogP contribution in [0.1, 0.15) is 12.2 Å². The lowest BCUT2D eigenvalue weighted by atomic mass is 10.4. The van der Waals surface area contributed by atoms with Crippen molar-refractivity contribution in [1.29, 1.82) is 0 Å². The number of carbonyl (C=O) groups excluding carboxylic acids is 1. The van der Waals surface area contributed by atoms with Crippen molar-refractivity contribution in [3.05, 3.63) is 36.2 Å². The molecule has 1 heterocycles. The predicted molar refractivity (Wildman–Crippen MR) is 91.5 cm³/mol. The number of nitrogen functional groups attached to an aromatic ring is 1. The fourth-order valence-corrected chi connectivity index (χ4v) is 3.11. The molecule has 134 valence electrons. The summed E-state index contributed by atoms with van der Waals surface area (Å²) >= 11 is 0. The van der Waals surface area contributed by atoms with Gasteiger partial charge in [-0.3, -0.25) is 4.79 Å². The number of ether oxygens (including phenoxy) is 1. The number of hydrogen-bond acceptors (Lipinski definition) is 9. The number of anilines is 2. The molecule has 1 aromatic heterocycles. The first kappa shape index (κ1) is 18.6. The number of esters is 1. The minimum atomic E-state index is -3.53. The van der Waals surface area contributed by atoms with Gasteiger partial charge < -0.3 is 15.4 Å². The Hall–Kier alpha value is -2.75. The molecule has 0 saturated heterocycles. The fourth-order valence-electron chi connectivity index (χ4n) is 1.87. The molecule has 0 aliphatic rings. The molecule has 2 aromatic rings. The summed E-state index contributed by atoms with van der Waals surface area (Å²) in [7, 11) is -0.0615. The van der Waals surface area contributed by atoms with Crippen molar-refractivity contribution in [3.63, 3.8) is 0 Å². The van der Waals surface area contributed by atoms with Crippen molar-refractivity contribution in [2.24, 2.45) is 0 Å². The molecule has 0 fully saturated rings. The number of nitrogens with zero attached hydrogens (tertiary/aromatic N) is 4. The van der Waals surface area contributed by atoms with Crippen LogP contribution < -0.4 is 10.6 Å². The zero-order valence-electron chi connectivity index (χ0n) is 13.9. The molecule has 0 spiro atoms. The summed E-state index contributed by atoms with van der Waals surface area (Å²) in [5.41, 5.74) is 5.58. The third kappa shape index (κ3) is 5.38. The Morgan fingerprint density at radius 2 is 1.84 bits per heavy atom. The van der Waals surface area contributed by atoms with E-state index in [1.54, 1.807) is 37.2 Å². The molecular weight excluding hydrogens is 346 g/mol. The Morgan fingerprint density at radius 3 is 2.48 bits per heavy atom. The zero-order valence-corrected chi connectivity index (χ0v) is 14.7. The zero-order chi connectivity index (χ0) is 18.4. The maximum Gasteiger partial charge on any atom is 0.307 e. The Balaban J connectivity index is 1.91. The van der Waals surface area contributed by atoms with Gasteiger partial charge in [-0.1, -0.05) is 18.2 Å². The number of benzene rings is 1. The van der Waals surface area contributed by atoms with Crippen molar-refractivity contribution in [2.75, 3.05) is 30.5 Å². The minimum absolute atomic E-state index is 0.0106. The van der Waals surface area contributed by atoms with Gasteiger partial charge in [0, 0.05) is 14.1 Å². The minimum Gasteiger partial charge on any atom is -0.457 e. The Kier molecular flexibility index (Phi) is 5.86. The summed E-state index contributed by atoms with van der Waals surface area (Å²) in [6.07, 6.45) is -0.266. The molecule has 25 heavy (non-hydrogen) atoms. The highest BCUT2D eigenvalue weighted by atomic mass is 32.2. The summed E-state index contributed by atoms with van der Waals surface area (Å²) in [6, 6.07) is 7.93. The van der Waals surface area contributed by atoms with Crippen LogP contribution in [0.4, 0.5) is 11.9 Å². The molecule has 2 rings (SSSR count). The molecule has 0 aliphatic heterocycles. The summed E-state index contributed by atoms with van der Waals surface area (Å²) in [4.78, 5) is 25.5. The third-order valence-electron chi connectivity index (χ3n) is 3.13. The summed E-state index contributed by atoms with van der Waals surface area (Å²) in [6.45, 7) is -0.211. The van der Waals surface area contributed by atoms with Gasteiger partial charge in [0.15, 0.2) is 22.3 Å². The van der Waals surface area contributed by atoms with Crippen molar-refractivity contribution < 1.29 is 17.9 Å². The quantitative estimate of drug-likeness (QED) is 0.694. The van der Waals surface area contributed by atoms with E-state index in [1.165, 1.54) is 12.1 Å². The molecule has 0 aliphatic carbocycles. The maximum absolute atomic E-state index is 12.1. The molecule has 10 heteroatoms. The van der Waals surface area contributed by atoms with E-state index in [9.17, 15) is 13.2 Å². The van der Waals surface area contributed by atoms with Crippen LogP contribution in [0.25, 0.3) is 0 Å². The standard InChI is InChI=1S/C15H19N5O4S/c1-20(2)15-18-12(17-14(16)19-15)10-24-13(21)8-9-25(22,23)11-6-4-3-5-7-11/h3-7H,8-10H2,1-2H3,(H2,16,17,18,19). The van der Waals surface area contributed by atoms with Crippen LogP contribution in [0.2, 0.25) is 0 Å². The smallest absolute Gasteiger partial charge is 0.307 e. The molecule has 0 radical (unpaired) electrons. The molecule has 1 aromatic carbocycles. The topological polar surface area (TPSA) is 128 Å². The number of sulfone groups is 1. The first-order chi connectivity index (χ1) is 11.8. The van der Waals surface area contributed by atoms with Crippen molar-refractivity contribution in [2.45, 2.75) is 17.9 Å². The summed E-state index contributed by atoms with van der Waals surface area (Å²) in [5.74, 6) is -0.458. The van der Waals surface area contributed by atoms with Crippen LogP contribution in [0.3, 0.4) is 0 Å². The fraction of sp³-hybridized carbons (Fsp3) is 0.333. The lowest BCUT2D eigenvalue weighted by molar-refractivity contribution is -0.144. The SMILES string of the molecule is CN(C)c1nc(N)nc(COC(=O)CCS(=O)(=O)c2ccccc2)n1. The Labute approximate surface area is 145 Å². The number of nitrogens with two attached hydrogens (primary N) is 1.